The monoisotopic (exact) mass is 283 g/mol. The Morgan fingerprint density at radius 2 is 2.00 bits per heavy atom. The van der Waals surface area contributed by atoms with Crippen molar-refractivity contribution in [3.63, 3.8) is 0 Å². The molecule has 1 aromatic carbocycles. The van der Waals surface area contributed by atoms with Crippen molar-refractivity contribution in [3.05, 3.63) is 52.9 Å². The van der Waals surface area contributed by atoms with E-state index in [1.807, 2.05) is 32.2 Å². The van der Waals surface area contributed by atoms with E-state index in [0.717, 1.165) is 41.1 Å². The maximum absolute atomic E-state index is 13.1. The summed E-state index contributed by atoms with van der Waals surface area (Å²) in [6.07, 6.45) is 3.67. The molecule has 2 aliphatic rings. The van der Waals surface area contributed by atoms with Gasteiger partial charge in [0.2, 0.25) is 0 Å². The molecular formula is C18H21NO2. The molecule has 3 rings (SSSR count). The van der Waals surface area contributed by atoms with Gasteiger partial charge in [-0.05, 0) is 31.1 Å². The molecule has 1 unspecified atom stereocenters. The molecule has 110 valence electrons. The molecule has 1 heterocycles. The van der Waals surface area contributed by atoms with E-state index >= 15 is 0 Å². The Morgan fingerprint density at radius 3 is 2.67 bits per heavy atom. The van der Waals surface area contributed by atoms with E-state index in [0.29, 0.717) is 0 Å². The standard InChI is InChI=1S/C18H21NO2/c1-5-8-12-11-15(21-4)16-18(2,17(12)20)13-9-6-7-10-14(13)19(16)3/h6-7,9-11H,5,8H2,1-4H3. The highest BCUT2D eigenvalue weighted by molar-refractivity contribution is 6.10. The quantitative estimate of drug-likeness (QED) is 0.849. The minimum Gasteiger partial charge on any atom is -0.495 e. The first-order valence-corrected chi connectivity index (χ1v) is 7.43. The second kappa shape index (κ2) is 4.76. The van der Waals surface area contributed by atoms with Crippen LogP contribution in [0.3, 0.4) is 0 Å². The predicted octanol–water partition coefficient (Wildman–Crippen LogP) is 3.56. The third-order valence-corrected chi connectivity index (χ3v) is 4.64. The molecule has 3 nitrogen and oxygen atoms in total. The first-order valence-electron chi connectivity index (χ1n) is 7.43. The van der Waals surface area contributed by atoms with Crippen LogP contribution in [0.1, 0.15) is 32.3 Å². The van der Waals surface area contributed by atoms with Crippen molar-refractivity contribution in [2.45, 2.75) is 32.1 Å². The fraction of sp³-hybridized carbons (Fsp3) is 0.389. The number of benzene rings is 1. The summed E-state index contributed by atoms with van der Waals surface area (Å²) in [6, 6.07) is 8.12. The summed E-state index contributed by atoms with van der Waals surface area (Å²) in [5.41, 5.74) is 3.35. The molecule has 1 aliphatic carbocycles. The van der Waals surface area contributed by atoms with E-state index in [-0.39, 0.29) is 5.78 Å². The number of nitrogens with zero attached hydrogens (tertiary/aromatic N) is 1. The number of anilines is 1. The molecule has 21 heavy (non-hydrogen) atoms. The number of rotatable bonds is 3. The van der Waals surface area contributed by atoms with Gasteiger partial charge in [-0.15, -0.1) is 0 Å². The fourth-order valence-electron chi connectivity index (χ4n) is 3.64. The first kappa shape index (κ1) is 13.9. The number of hydrogen-bond donors (Lipinski definition) is 0. The third kappa shape index (κ3) is 1.70. The number of allylic oxidation sites excluding steroid dienone is 3. The Bertz CT molecular complexity index is 672. The zero-order valence-corrected chi connectivity index (χ0v) is 13.1. The molecule has 0 N–H and O–H groups in total. The number of fused-ring (bicyclic) bond motifs is 3. The highest BCUT2D eigenvalue weighted by Gasteiger charge is 2.52. The Labute approximate surface area is 125 Å². The number of methoxy groups -OCH3 is 1. The second-order valence-corrected chi connectivity index (χ2v) is 5.87. The molecule has 1 atom stereocenters. The highest BCUT2D eigenvalue weighted by atomic mass is 16.5. The Hall–Kier alpha value is -2.03. The van der Waals surface area contributed by atoms with Crippen molar-refractivity contribution >= 4 is 11.5 Å². The van der Waals surface area contributed by atoms with Gasteiger partial charge in [-0.2, -0.15) is 0 Å². The van der Waals surface area contributed by atoms with E-state index in [4.69, 9.17) is 4.74 Å². The number of carbonyl (C=O) groups excluding carboxylic acids is 1. The highest BCUT2D eigenvalue weighted by Crippen LogP contribution is 2.52. The van der Waals surface area contributed by atoms with E-state index in [9.17, 15) is 4.79 Å². The minimum absolute atomic E-state index is 0.206. The SMILES string of the molecule is CCCC1=CC(OC)=C2N(C)c3ccccc3C2(C)C1=O. The first-order chi connectivity index (χ1) is 10.1. The molecule has 0 aromatic heterocycles. The van der Waals surface area contributed by atoms with Gasteiger partial charge in [0, 0.05) is 18.3 Å². The van der Waals surface area contributed by atoms with Crippen LogP contribution in [-0.4, -0.2) is 19.9 Å². The lowest BCUT2D eigenvalue weighted by Gasteiger charge is -2.33. The summed E-state index contributed by atoms with van der Waals surface area (Å²) in [7, 11) is 3.68. The number of ketones is 1. The van der Waals surface area contributed by atoms with Crippen LogP contribution in [0.25, 0.3) is 0 Å². The summed E-state index contributed by atoms with van der Waals surface area (Å²) in [4.78, 5) is 15.2. The average Bonchev–Trinajstić information content (AvgIpc) is 2.73. The van der Waals surface area contributed by atoms with Crippen LogP contribution < -0.4 is 4.90 Å². The van der Waals surface area contributed by atoms with Gasteiger partial charge >= 0.3 is 0 Å². The van der Waals surface area contributed by atoms with Crippen LogP contribution >= 0.6 is 0 Å². The van der Waals surface area contributed by atoms with E-state index in [1.54, 1.807) is 7.11 Å². The van der Waals surface area contributed by atoms with Gasteiger partial charge in [-0.3, -0.25) is 4.79 Å². The summed E-state index contributed by atoms with van der Waals surface area (Å²) in [6.45, 7) is 4.12. The lowest BCUT2D eigenvalue weighted by molar-refractivity contribution is -0.119. The van der Waals surface area contributed by atoms with Crippen LogP contribution in [0.2, 0.25) is 0 Å². The molecule has 0 saturated carbocycles. The Morgan fingerprint density at radius 1 is 1.29 bits per heavy atom. The van der Waals surface area contributed by atoms with Gasteiger partial charge in [0.05, 0.1) is 12.8 Å². The van der Waals surface area contributed by atoms with E-state index in [1.165, 1.54) is 0 Å². The van der Waals surface area contributed by atoms with Crippen molar-refractivity contribution < 1.29 is 9.53 Å². The predicted molar refractivity (Wildman–Crippen MR) is 84.2 cm³/mol. The lowest BCUT2D eigenvalue weighted by Crippen LogP contribution is -2.39. The topological polar surface area (TPSA) is 29.5 Å². The lowest BCUT2D eigenvalue weighted by atomic mass is 9.71. The smallest absolute Gasteiger partial charge is 0.175 e. The van der Waals surface area contributed by atoms with Crippen LogP contribution in [0.15, 0.2) is 47.4 Å². The van der Waals surface area contributed by atoms with E-state index < -0.39 is 5.41 Å². The molecule has 0 fully saturated rings. The number of carbonyl (C=O) groups is 1. The van der Waals surface area contributed by atoms with Crippen molar-refractivity contribution in [1.29, 1.82) is 0 Å². The molecule has 1 aromatic rings. The van der Waals surface area contributed by atoms with Gasteiger partial charge in [0.15, 0.2) is 5.78 Å². The van der Waals surface area contributed by atoms with Crippen molar-refractivity contribution in [2.75, 3.05) is 19.1 Å². The number of likely N-dealkylation sites (N-methyl/N-ethyl adjacent to an activating group) is 1. The van der Waals surface area contributed by atoms with Crippen LogP contribution in [-0.2, 0) is 14.9 Å². The van der Waals surface area contributed by atoms with Gasteiger partial charge in [-0.25, -0.2) is 0 Å². The molecule has 3 heteroatoms. The van der Waals surface area contributed by atoms with Gasteiger partial charge in [-0.1, -0.05) is 31.5 Å². The minimum atomic E-state index is -0.629. The van der Waals surface area contributed by atoms with Gasteiger partial charge in [0.25, 0.3) is 0 Å². The molecule has 1 aliphatic heterocycles. The molecule has 0 radical (unpaired) electrons. The third-order valence-electron chi connectivity index (χ3n) is 4.64. The van der Waals surface area contributed by atoms with Crippen molar-refractivity contribution in [1.82, 2.24) is 0 Å². The largest absolute Gasteiger partial charge is 0.495 e. The van der Waals surface area contributed by atoms with Crippen LogP contribution in [0.4, 0.5) is 5.69 Å². The number of hydrogen-bond acceptors (Lipinski definition) is 3. The molecule has 0 bridgehead atoms. The van der Waals surface area contributed by atoms with Gasteiger partial charge in [0.1, 0.15) is 11.2 Å². The van der Waals surface area contributed by atoms with Crippen LogP contribution in [0.5, 0.6) is 0 Å². The average molecular weight is 283 g/mol. The molecule has 0 saturated heterocycles. The Balaban J connectivity index is 2.28. The zero-order valence-electron chi connectivity index (χ0n) is 13.1. The summed E-state index contributed by atoms with van der Waals surface area (Å²) >= 11 is 0. The number of para-hydroxylation sites is 1. The molecule has 0 spiro atoms. The number of ether oxygens (including phenoxy) is 1. The van der Waals surface area contributed by atoms with Crippen molar-refractivity contribution in [3.8, 4) is 0 Å². The second-order valence-electron chi connectivity index (χ2n) is 5.87. The molecule has 0 amide bonds. The molecular weight excluding hydrogens is 262 g/mol. The summed E-state index contributed by atoms with van der Waals surface area (Å²) in [5, 5.41) is 0. The maximum atomic E-state index is 13.1. The fourth-order valence-corrected chi connectivity index (χ4v) is 3.64. The zero-order chi connectivity index (χ0) is 15.2. The van der Waals surface area contributed by atoms with Crippen molar-refractivity contribution in [2.24, 2.45) is 0 Å². The van der Waals surface area contributed by atoms with E-state index in [2.05, 4.69) is 24.0 Å². The Kier molecular flexibility index (Phi) is 3.16. The van der Waals surface area contributed by atoms with Crippen LogP contribution in [0, 0.1) is 0 Å². The summed E-state index contributed by atoms with van der Waals surface area (Å²) < 4.78 is 5.61. The maximum Gasteiger partial charge on any atom is 0.175 e. The van der Waals surface area contributed by atoms with Gasteiger partial charge < -0.3 is 9.64 Å². The number of Topliss-reactive ketones (excluding diaryl/α,β-unsaturated/α-hetero) is 1. The summed E-state index contributed by atoms with van der Waals surface area (Å²) in [5.74, 6) is 1.01. The normalized spacial score (nSPS) is 23.9.